The maximum absolute atomic E-state index is 12.1. The first-order chi connectivity index (χ1) is 10.1. The van der Waals surface area contributed by atoms with Gasteiger partial charge in [0.25, 0.3) is 5.56 Å². The number of fused-ring (bicyclic) bond motifs is 1. The fourth-order valence-corrected chi connectivity index (χ4v) is 2.98. The van der Waals surface area contributed by atoms with Crippen molar-refractivity contribution in [3.05, 3.63) is 69.8 Å². The molecular weight excluding hydrogens is 280 g/mol. The number of aromatic nitrogens is 2. The topological polar surface area (TPSA) is 45.8 Å². The third-order valence-corrected chi connectivity index (χ3v) is 4.41. The van der Waals surface area contributed by atoms with Crippen LogP contribution in [0.5, 0.6) is 0 Å². The van der Waals surface area contributed by atoms with Crippen molar-refractivity contribution in [1.29, 1.82) is 0 Å². The summed E-state index contributed by atoms with van der Waals surface area (Å²) in [6, 6.07) is 14.0. The molecule has 0 aliphatic heterocycles. The predicted molar refractivity (Wildman–Crippen MR) is 87.8 cm³/mol. The molecule has 0 unspecified atom stereocenters. The van der Waals surface area contributed by atoms with Gasteiger partial charge in [0.1, 0.15) is 5.82 Å². The summed E-state index contributed by atoms with van der Waals surface area (Å²) in [5.74, 6) is 1.37. The van der Waals surface area contributed by atoms with Crippen LogP contribution in [-0.2, 0) is 5.75 Å². The Morgan fingerprint density at radius 2 is 1.86 bits per heavy atom. The second-order valence-electron chi connectivity index (χ2n) is 5.09. The minimum absolute atomic E-state index is 0.0665. The highest BCUT2D eigenvalue weighted by molar-refractivity contribution is 7.98. The standard InChI is InChI=1S/C17H16N2OS/c1-11-6-8-13(9-7-11)21-10-15-18-16-12(2)4-3-5-14(16)17(20)19-15/h3-9H,10H2,1-2H3,(H,18,19,20). The fraction of sp³-hybridized carbons (Fsp3) is 0.176. The summed E-state index contributed by atoms with van der Waals surface area (Å²) < 4.78 is 0. The van der Waals surface area contributed by atoms with E-state index in [9.17, 15) is 4.79 Å². The van der Waals surface area contributed by atoms with Crippen LogP contribution in [0.3, 0.4) is 0 Å². The summed E-state index contributed by atoms with van der Waals surface area (Å²) in [5.41, 5.74) is 3.00. The van der Waals surface area contributed by atoms with E-state index in [1.54, 1.807) is 11.8 Å². The van der Waals surface area contributed by atoms with Gasteiger partial charge < -0.3 is 4.98 Å². The van der Waals surface area contributed by atoms with Crippen LogP contribution in [0.1, 0.15) is 17.0 Å². The van der Waals surface area contributed by atoms with E-state index >= 15 is 0 Å². The van der Waals surface area contributed by atoms with E-state index in [-0.39, 0.29) is 5.56 Å². The van der Waals surface area contributed by atoms with Crippen molar-refractivity contribution in [2.45, 2.75) is 24.5 Å². The Hall–Kier alpha value is -2.07. The summed E-state index contributed by atoms with van der Waals surface area (Å²) >= 11 is 1.67. The van der Waals surface area contributed by atoms with E-state index in [4.69, 9.17) is 0 Å². The van der Waals surface area contributed by atoms with Crippen molar-refractivity contribution in [2.75, 3.05) is 0 Å². The Balaban J connectivity index is 1.89. The molecule has 1 N–H and O–H groups in total. The smallest absolute Gasteiger partial charge is 0.258 e. The molecule has 0 fully saturated rings. The van der Waals surface area contributed by atoms with Gasteiger partial charge in [-0.25, -0.2) is 4.98 Å². The molecule has 0 saturated heterocycles. The molecular formula is C17H16N2OS. The minimum Gasteiger partial charge on any atom is -0.309 e. The first-order valence-electron chi connectivity index (χ1n) is 6.81. The van der Waals surface area contributed by atoms with Gasteiger partial charge in [-0.15, -0.1) is 11.8 Å². The molecule has 0 saturated carbocycles. The fourth-order valence-electron chi connectivity index (χ4n) is 2.21. The number of H-pyrrole nitrogens is 1. The zero-order valence-corrected chi connectivity index (χ0v) is 12.8. The Bertz CT molecular complexity index is 838. The van der Waals surface area contributed by atoms with Crippen LogP contribution >= 0.6 is 11.8 Å². The zero-order valence-electron chi connectivity index (χ0n) is 12.0. The van der Waals surface area contributed by atoms with Gasteiger partial charge in [0.15, 0.2) is 0 Å². The summed E-state index contributed by atoms with van der Waals surface area (Å²) in [6.07, 6.45) is 0. The number of para-hydroxylation sites is 1. The molecule has 0 bridgehead atoms. The van der Waals surface area contributed by atoms with Crippen molar-refractivity contribution in [1.82, 2.24) is 9.97 Å². The second kappa shape index (κ2) is 5.74. The number of rotatable bonds is 3. The largest absolute Gasteiger partial charge is 0.309 e. The van der Waals surface area contributed by atoms with Crippen LogP contribution in [0.4, 0.5) is 0 Å². The maximum Gasteiger partial charge on any atom is 0.258 e. The maximum atomic E-state index is 12.1. The number of nitrogens with zero attached hydrogens (tertiary/aromatic N) is 1. The number of thioether (sulfide) groups is 1. The molecule has 106 valence electrons. The minimum atomic E-state index is -0.0665. The molecule has 0 spiro atoms. The SMILES string of the molecule is Cc1ccc(SCc2nc3c(C)cccc3c(=O)[nH]2)cc1. The van der Waals surface area contributed by atoms with E-state index < -0.39 is 0 Å². The normalized spacial score (nSPS) is 11.0. The lowest BCUT2D eigenvalue weighted by molar-refractivity contribution is 1.04. The number of aromatic amines is 1. The first-order valence-corrected chi connectivity index (χ1v) is 7.80. The van der Waals surface area contributed by atoms with Crippen LogP contribution in [-0.4, -0.2) is 9.97 Å². The van der Waals surface area contributed by atoms with Gasteiger partial charge in [-0.3, -0.25) is 4.79 Å². The molecule has 1 aromatic heterocycles. The molecule has 21 heavy (non-hydrogen) atoms. The van der Waals surface area contributed by atoms with Crippen LogP contribution in [0.15, 0.2) is 52.2 Å². The van der Waals surface area contributed by atoms with Crippen molar-refractivity contribution >= 4 is 22.7 Å². The number of benzene rings is 2. The van der Waals surface area contributed by atoms with Crippen LogP contribution in [0, 0.1) is 13.8 Å². The number of nitrogens with one attached hydrogen (secondary N) is 1. The molecule has 4 heteroatoms. The zero-order chi connectivity index (χ0) is 14.8. The van der Waals surface area contributed by atoms with E-state index in [2.05, 4.69) is 41.2 Å². The van der Waals surface area contributed by atoms with Crippen LogP contribution < -0.4 is 5.56 Å². The van der Waals surface area contributed by atoms with Gasteiger partial charge in [-0.05, 0) is 37.6 Å². The summed E-state index contributed by atoms with van der Waals surface area (Å²) in [6.45, 7) is 4.05. The van der Waals surface area contributed by atoms with Crippen LogP contribution in [0.2, 0.25) is 0 Å². The van der Waals surface area contributed by atoms with Gasteiger partial charge >= 0.3 is 0 Å². The summed E-state index contributed by atoms with van der Waals surface area (Å²) in [7, 11) is 0. The van der Waals surface area contributed by atoms with Gasteiger partial charge in [0.2, 0.25) is 0 Å². The molecule has 0 atom stereocenters. The van der Waals surface area contributed by atoms with E-state index in [0.717, 1.165) is 11.1 Å². The van der Waals surface area contributed by atoms with E-state index in [1.165, 1.54) is 10.5 Å². The molecule has 0 aliphatic rings. The average molecular weight is 296 g/mol. The van der Waals surface area contributed by atoms with Crippen LogP contribution in [0.25, 0.3) is 10.9 Å². The molecule has 0 amide bonds. The Kier molecular flexibility index (Phi) is 3.80. The molecule has 3 rings (SSSR count). The number of hydrogen-bond donors (Lipinski definition) is 1. The molecule has 3 aromatic rings. The predicted octanol–water partition coefficient (Wildman–Crippen LogP) is 3.83. The van der Waals surface area contributed by atoms with E-state index in [0.29, 0.717) is 17.0 Å². The summed E-state index contributed by atoms with van der Waals surface area (Å²) in [5, 5.41) is 0.652. The van der Waals surface area contributed by atoms with Gasteiger partial charge in [0, 0.05) is 4.90 Å². The molecule has 0 radical (unpaired) electrons. The number of hydrogen-bond acceptors (Lipinski definition) is 3. The van der Waals surface area contributed by atoms with E-state index in [1.807, 2.05) is 25.1 Å². The third-order valence-electron chi connectivity index (χ3n) is 3.38. The van der Waals surface area contributed by atoms with Crippen molar-refractivity contribution in [3.8, 4) is 0 Å². The van der Waals surface area contributed by atoms with Gasteiger partial charge in [-0.2, -0.15) is 0 Å². The first kappa shape index (κ1) is 13.9. The monoisotopic (exact) mass is 296 g/mol. The second-order valence-corrected chi connectivity index (χ2v) is 6.13. The lowest BCUT2D eigenvalue weighted by Gasteiger charge is -2.05. The van der Waals surface area contributed by atoms with Crippen molar-refractivity contribution in [2.24, 2.45) is 0 Å². The molecule has 3 nitrogen and oxygen atoms in total. The van der Waals surface area contributed by atoms with Gasteiger partial charge in [-0.1, -0.05) is 29.8 Å². The van der Waals surface area contributed by atoms with Crippen molar-refractivity contribution in [3.63, 3.8) is 0 Å². The molecule has 1 heterocycles. The Morgan fingerprint density at radius 3 is 2.62 bits per heavy atom. The lowest BCUT2D eigenvalue weighted by atomic mass is 10.1. The lowest BCUT2D eigenvalue weighted by Crippen LogP contribution is -2.11. The summed E-state index contributed by atoms with van der Waals surface area (Å²) in [4.78, 5) is 20.7. The van der Waals surface area contributed by atoms with Gasteiger partial charge in [0.05, 0.1) is 16.7 Å². The third kappa shape index (κ3) is 3.00. The highest BCUT2D eigenvalue weighted by Crippen LogP contribution is 2.22. The number of aryl methyl sites for hydroxylation is 2. The Labute approximate surface area is 127 Å². The molecule has 0 aliphatic carbocycles. The molecule has 2 aromatic carbocycles. The van der Waals surface area contributed by atoms with Crippen molar-refractivity contribution < 1.29 is 0 Å². The Morgan fingerprint density at radius 1 is 1.10 bits per heavy atom. The highest BCUT2D eigenvalue weighted by Gasteiger charge is 2.06. The average Bonchev–Trinajstić information content (AvgIpc) is 2.48. The quantitative estimate of drug-likeness (QED) is 0.747. The highest BCUT2D eigenvalue weighted by atomic mass is 32.2.